The highest BCUT2D eigenvalue weighted by molar-refractivity contribution is 7.14. The summed E-state index contributed by atoms with van der Waals surface area (Å²) in [7, 11) is 0. The third-order valence-electron chi connectivity index (χ3n) is 3.35. The molecule has 0 spiro atoms. The first kappa shape index (κ1) is 16.8. The zero-order valence-electron chi connectivity index (χ0n) is 12.0. The van der Waals surface area contributed by atoms with Crippen LogP contribution in [-0.2, 0) is 22.4 Å². The molecule has 0 radical (unpaired) electrons. The monoisotopic (exact) mass is 335 g/mol. The zero-order valence-corrected chi connectivity index (χ0v) is 12.8. The van der Waals surface area contributed by atoms with Crippen molar-refractivity contribution in [1.29, 1.82) is 0 Å². The molecule has 1 N–H and O–H groups in total. The summed E-state index contributed by atoms with van der Waals surface area (Å²) >= 11 is 1.33. The molecular weight excluding hydrogens is 319 g/mol. The Morgan fingerprint density at radius 2 is 2.18 bits per heavy atom. The van der Waals surface area contributed by atoms with Crippen molar-refractivity contribution >= 4 is 23.2 Å². The van der Waals surface area contributed by atoms with Crippen LogP contribution >= 0.6 is 11.3 Å². The summed E-state index contributed by atoms with van der Waals surface area (Å²) in [5.74, 6) is -1.08. The van der Waals surface area contributed by atoms with Gasteiger partial charge in [0.1, 0.15) is 11.4 Å². The summed E-state index contributed by atoms with van der Waals surface area (Å²) in [6, 6.07) is 1.76. The minimum atomic E-state index is -4.48. The number of hydrogen-bond donors (Lipinski definition) is 1. The van der Waals surface area contributed by atoms with Gasteiger partial charge in [-0.3, -0.25) is 4.79 Å². The fraction of sp³-hybridized carbons (Fsp3) is 0.571. The molecule has 1 aromatic rings. The van der Waals surface area contributed by atoms with Gasteiger partial charge in [0.25, 0.3) is 5.91 Å². The molecule has 0 aromatic carbocycles. The van der Waals surface area contributed by atoms with E-state index in [9.17, 15) is 22.8 Å². The smallest absolute Gasteiger partial charge is 0.405 e. The molecule has 122 valence electrons. The minimum absolute atomic E-state index is 0.391. The van der Waals surface area contributed by atoms with E-state index in [0.29, 0.717) is 10.8 Å². The lowest BCUT2D eigenvalue weighted by atomic mass is 9.90. The molecule has 1 aliphatic rings. The summed E-state index contributed by atoms with van der Waals surface area (Å²) in [6.45, 7) is -0.00790. The maximum atomic E-state index is 11.9. The molecule has 0 fully saturated rings. The lowest BCUT2D eigenvalue weighted by molar-refractivity contribution is -0.140. The number of hydrogen-bond acceptors (Lipinski definition) is 4. The van der Waals surface area contributed by atoms with Gasteiger partial charge in [-0.15, -0.1) is 11.3 Å². The third kappa shape index (κ3) is 4.72. The molecule has 0 saturated heterocycles. The Hall–Kier alpha value is -1.57. The van der Waals surface area contributed by atoms with Gasteiger partial charge in [-0.05, 0) is 36.8 Å². The topological polar surface area (TPSA) is 55.4 Å². The third-order valence-corrected chi connectivity index (χ3v) is 4.57. The van der Waals surface area contributed by atoms with Crippen LogP contribution < -0.4 is 5.32 Å². The van der Waals surface area contributed by atoms with E-state index in [1.165, 1.54) is 11.3 Å². The van der Waals surface area contributed by atoms with Gasteiger partial charge < -0.3 is 10.1 Å². The quantitative estimate of drug-likeness (QED) is 0.861. The number of nitrogens with one attached hydrogen (secondary N) is 1. The molecule has 1 aromatic heterocycles. The minimum Gasteiger partial charge on any atom is -0.451 e. The van der Waals surface area contributed by atoms with Crippen LogP contribution in [0.2, 0.25) is 0 Å². The van der Waals surface area contributed by atoms with E-state index in [1.54, 1.807) is 11.4 Å². The summed E-state index contributed by atoms with van der Waals surface area (Å²) < 4.78 is 40.5. The highest BCUT2D eigenvalue weighted by atomic mass is 32.1. The molecule has 2 rings (SSSR count). The Bertz CT molecular complexity index is 568. The number of carbonyl (C=O) groups is 2. The highest BCUT2D eigenvalue weighted by Gasteiger charge is 2.28. The van der Waals surface area contributed by atoms with Gasteiger partial charge in [0.05, 0.1) is 0 Å². The molecule has 1 amide bonds. The fourth-order valence-electron chi connectivity index (χ4n) is 2.26. The normalized spacial score (nSPS) is 17.7. The van der Waals surface area contributed by atoms with E-state index in [0.717, 1.165) is 29.7 Å². The van der Waals surface area contributed by atoms with Gasteiger partial charge in [-0.25, -0.2) is 4.79 Å². The highest BCUT2D eigenvalue weighted by Crippen LogP contribution is 2.32. The van der Waals surface area contributed by atoms with Crippen molar-refractivity contribution in [2.75, 3.05) is 13.2 Å². The van der Waals surface area contributed by atoms with Crippen LogP contribution in [0.25, 0.3) is 0 Å². The van der Waals surface area contributed by atoms with E-state index >= 15 is 0 Å². The van der Waals surface area contributed by atoms with Gasteiger partial charge in [0, 0.05) is 4.88 Å². The van der Waals surface area contributed by atoms with Crippen molar-refractivity contribution in [3.05, 3.63) is 21.4 Å². The van der Waals surface area contributed by atoms with Crippen molar-refractivity contribution in [3.8, 4) is 0 Å². The lowest BCUT2D eigenvalue weighted by Gasteiger charge is -2.16. The average molecular weight is 335 g/mol. The second-order valence-electron chi connectivity index (χ2n) is 5.38. The molecule has 1 heterocycles. The van der Waals surface area contributed by atoms with E-state index < -0.39 is 31.2 Å². The van der Waals surface area contributed by atoms with Crippen molar-refractivity contribution in [2.24, 2.45) is 5.92 Å². The maximum Gasteiger partial charge on any atom is 0.405 e. The Morgan fingerprint density at radius 1 is 1.45 bits per heavy atom. The van der Waals surface area contributed by atoms with Crippen molar-refractivity contribution < 1.29 is 27.5 Å². The first-order chi connectivity index (χ1) is 10.2. The summed E-state index contributed by atoms with van der Waals surface area (Å²) in [5, 5.41) is 1.65. The Morgan fingerprint density at radius 3 is 2.86 bits per heavy atom. The first-order valence-electron chi connectivity index (χ1n) is 6.87. The van der Waals surface area contributed by atoms with Crippen LogP contribution in [-0.4, -0.2) is 31.2 Å². The lowest BCUT2D eigenvalue weighted by Crippen LogP contribution is -2.36. The zero-order chi connectivity index (χ0) is 16.3. The molecule has 0 saturated carbocycles. The number of esters is 1. The number of amides is 1. The van der Waals surface area contributed by atoms with Crippen LogP contribution in [0.4, 0.5) is 13.2 Å². The number of alkyl halides is 3. The van der Waals surface area contributed by atoms with E-state index in [-0.39, 0.29) is 0 Å². The number of aryl methyl sites for hydroxylation is 1. The Kier molecular flexibility index (Phi) is 5.10. The van der Waals surface area contributed by atoms with E-state index in [1.807, 2.05) is 0 Å². The number of thiophene rings is 1. The standard InChI is InChI=1S/C14H16F3NO3S/c1-8-2-3-10-9(4-8)5-11(22-10)13(20)21-6-12(19)18-7-14(15,16)17/h5,8H,2-4,6-7H2,1H3,(H,18,19)/t8-/m1/s1. The molecule has 0 unspecified atom stereocenters. The second kappa shape index (κ2) is 6.68. The van der Waals surface area contributed by atoms with Crippen molar-refractivity contribution in [2.45, 2.75) is 32.4 Å². The van der Waals surface area contributed by atoms with Gasteiger partial charge >= 0.3 is 12.1 Å². The van der Waals surface area contributed by atoms with Crippen LogP contribution in [0.15, 0.2) is 6.07 Å². The molecule has 1 atom stereocenters. The van der Waals surface area contributed by atoms with Crippen LogP contribution in [0.3, 0.4) is 0 Å². The summed E-state index contributed by atoms with van der Waals surface area (Å²) in [4.78, 5) is 24.6. The van der Waals surface area contributed by atoms with Gasteiger partial charge in [0.2, 0.25) is 0 Å². The van der Waals surface area contributed by atoms with Crippen LogP contribution in [0, 0.1) is 5.92 Å². The van der Waals surface area contributed by atoms with E-state index in [2.05, 4.69) is 6.92 Å². The molecular formula is C14H16F3NO3S. The Balaban J connectivity index is 1.84. The SMILES string of the molecule is C[C@@H]1CCc2sc(C(=O)OCC(=O)NCC(F)(F)F)cc2C1. The summed E-state index contributed by atoms with van der Waals surface area (Å²) in [5.41, 5.74) is 1.12. The first-order valence-corrected chi connectivity index (χ1v) is 7.68. The fourth-order valence-corrected chi connectivity index (χ4v) is 3.36. The molecule has 4 nitrogen and oxygen atoms in total. The Labute approximate surface area is 129 Å². The molecule has 22 heavy (non-hydrogen) atoms. The van der Waals surface area contributed by atoms with Gasteiger partial charge in [0.15, 0.2) is 6.61 Å². The van der Waals surface area contributed by atoms with Crippen molar-refractivity contribution in [1.82, 2.24) is 5.32 Å². The average Bonchev–Trinajstić information content (AvgIpc) is 2.84. The number of ether oxygens (including phenoxy) is 1. The molecule has 8 heteroatoms. The van der Waals surface area contributed by atoms with E-state index in [4.69, 9.17) is 4.74 Å². The number of rotatable bonds is 4. The molecule has 0 bridgehead atoms. The molecule has 0 aliphatic heterocycles. The second-order valence-corrected chi connectivity index (χ2v) is 6.51. The predicted octanol–water partition coefficient (Wildman–Crippen LogP) is 2.71. The van der Waals surface area contributed by atoms with Crippen molar-refractivity contribution in [3.63, 3.8) is 0 Å². The van der Waals surface area contributed by atoms with Gasteiger partial charge in [-0.2, -0.15) is 13.2 Å². The molecule has 1 aliphatic carbocycles. The number of carbonyl (C=O) groups excluding carboxylic acids is 2. The van der Waals surface area contributed by atoms with Gasteiger partial charge in [-0.1, -0.05) is 6.92 Å². The number of fused-ring (bicyclic) bond motifs is 1. The predicted molar refractivity (Wildman–Crippen MR) is 74.9 cm³/mol. The number of halogens is 3. The van der Waals surface area contributed by atoms with Crippen LogP contribution in [0.5, 0.6) is 0 Å². The largest absolute Gasteiger partial charge is 0.451 e. The maximum absolute atomic E-state index is 11.9. The summed E-state index contributed by atoms with van der Waals surface area (Å²) in [6.07, 6.45) is -1.59. The van der Waals surface area contributed by atoms with Crippen LogP contribution in [0.1, 0.15) is 33.5 Å².